The normalized spacial score (nSPS) is 11.3. The second kappa shape index (κ2) is 6.93. The van der Waals surface area contributed by atoms with Crippen LogP contribution >= 0.6 is 11.6 Å². The van der Waals surface area contributed by atoms with Crippen molar-refractivity contribution in [2.24, 2.45) is 0 Å². The highest BCUT2D eigenvalue weighted by molar-refractivity contribution is 7.91. The molecule has 0 spiro atoms. The molecule has 0 radical (unpaired) electrons. The third kappa shape index (κ3) is 4.74. The van der Waals surface area contributed by atoms with Crippen molar-refractivity contribution in [1.82, 2.24) is 5.32 Å². The second-order valence-electron chi connectivity index (χ2n) is 4.69. The van der Waals surface area contributed by atoms with E-state index < -0.39 is 10.0 Å². The molecule has 0 saturated carbocycles. The van der Waals surface area contributed by atoms with E-state index in [2.05, 4.69) is 10.0 Å². The van der Waals surface area contributed by atoms with Crippen molar-refractivity contribution in [3.63, 3.8) is 0 Å². The Morgan fingerprint density at radius 2 is 1.76 bits per heavy atom. The Hall–Kier alpha value is -1.56. The van der Waals surface area contributed by atoms with Gasteiger partial charge >= 0.3 is 0 Å². The van der Waals surface area contributed by atoms with Gasteiger partial charge in [0.15, 0.2) is 0 Å². The van der Waals surface area contributed by atoms with Gasteiger partial charge in [0.1, 0.15) is 0 Å². The quantitative estimate of drug-likeness (QED) is 0.858. The molecule has 0 unspecified atom stereocenters. The highest BCUT2D eigenvalue weighted by Gasteiger charge is 2.13. The molecule has 0 amide bonds. The predicted molar refractivity (Wildman–Crippen MR) is 86.9 cm³/mol. The number of halogens is 1. The summed E-state index contributed by atoms with van der Waals surface area (Å²) < 4.78 is 26.9. The molecule has 0 heterocycles. The van der Waals surface area contributed by atoms with Crippen LogP contribution in [0.3, 0.4) is 0 Å². The lowest BCUT2D eigenvalue weighted by Gasteiger charge is -2.10. The first kappa shape index (κ1) is 15.8. The molecule has 0 aliphatic heterocycles. The largest absolute Gasteiger partial charge is 0.316 e. The number of anilines is 1. The average molecular weight is 325 g/mol. The van der Waals surface area contributed by atoms with Gasteiger partial charge in [-0.3, -0.25) is 4.72 Å². The molecule has 2 rings (SSSR count). The van der Waals surface area contributed by atoms with Gasteiger partial charge < -0.3 is 5.32 Å². The second-order valence-corrected chi connectivity index (χ2v) is 6.82. The lowest BCUT2D eigenvalue weighted by Crippen LogP contribution is -2.15. The fourth-order valence-corrected chi connectivity index (χ4v) is 3.44. The van der Waals surface area contributed by atoms with Crippen molar-refractivity contribution in [2.45, 2.75) is 12.3 Å². The van der Waals surface area contributed by atoms with Gasteiger partial charge in [0.2, 0.25) is 10.0 Å². The SMILES string of the molecule is CNCc1cccc(CS(=O)(=O)Nc2ccccc2Cl)c1. The smallest absolute Gasteiger partial charge is 0.236 e. The molecule has 0 atom stereocenters. The van der Waals surface area contributed by atoms with E-state index in [4.69, 9.17) is 11.6 Å². The number of hydrogen-bond donors (Lipinski definition) is 2. The molecule has 6 heteroatoms. The van der Waals surface area contributed by atoms with Crippen LogP contribution < -0.4 is 10.0 Å². The summed E-state index contributed by atoms with van der Waals surface area (Å²) in [4.78, 5) is 0. The van der Waals surface area contributed by atoms with Crippen LogP contribution in [0.4, 0.5) is 5.69 Å². The van der Waals surface area contributed by atoms with Crippen LogP contribution in [-0.4, -0.2) is 15.5 Å². The van der Waals surface area contributed by atoms with E-state index in [1.807, 2.05) is 25.2 Å². The highest BCUT2D eigenvalue weighted by atomic mass is 35.5. The monoisotopic (exact) mass is 324 g/mol. The van der Waals surface area contributed by atoms with Crippen LogP contribution in [0.25, 0.3) is 0 Å². The van der Waals surface area contributed by atoms with Crippen LogP contribution in [0.1, 0.15) is 11.1 Å². The molecule has 2 aromatic carbocycles. The van der Waals surface area contributed by atoms with E-state index in [1.165, 1.54) is 0 Å². The zero-order valence-electron chi connectivity index (χ0n) is 11.6. The zero-order chi connectivity index (χ0) is 15.3. The van der Waals surface area contributed by atoms with Gasteiger partial charge in [0.05, 0.1) is 16.5 Å². The maximum absolute atomic E-state index is 12.2. The summed E-state index contributed by atoms with van der Waals surface area (Å²) >= 11 is 5.96. The van der Waals surface area contributed by atoms with Crippen molar-refractivity contribution in [3.8, 4) is 0 Å². The summed E-state index contributed by atoms with van der Waals surface area (Å²) in [5.41, 5.74) is 2.18. The first-order valence-corrected chi connectivity index (χ1v) is 8.50. The third-order valence-corrected chi connectivity index (χ3v) is 4.44. The van der Waals surface area contributed by atoms with Crippen molar-refractivity contribution < 1.29 is 8.42 Å². The van der Waals surface area contributed by atoms with Gasteiger partial charge in [-0.15, -0.1) is 0 Å². The topological polar surface area (TPSA) is 58.2 Å². The molecule has 0 aromatic heterocycles. The summed E-state index contributed by atoms with van der Waals surface area (Å²) in [7, 11) is -1.65. The van der Waals surface area contributed by atoms with E-state index in [9.17, 15) is 8.42 Å². The van der Waals surface area contributed by atoms with E-state index in [-0.39, 0.29) is 5.75 Å². The van der Waals surface area contributed by atoms with Crippen molar-refractivity contribution in [1.29, 1.82) is 0 Å². The van der Waals surface area contributed by atoms with Crippen molar-refractivity contribution in [2.75, 3.05) is 11.8 Å². The maximum Gasteiger partial charge on any atom is 0.236 e. The molecular formula is C15H17ClN2O2S. The molecule has 2 N–H and O–H groups in total. The summed E-state index contributed by atoms with van der Waals surface area (Å²) in [6.07, 6.45) is 0. The Kier molecular flexibility index (Phi) is 5.22. The first-order chi connectivity index (χ1) is 10.00. The molecule has 112 valence electrons. The van der Waals surface area contributed by atoms with Gasteiger partial charge in [-0.1, -0.05) is 48.0 Å². The molecule has 0 aliphatic rings. The van der Waals surface area contributed by atoms with Gasteiger partial charge in [0.25, 0.3) is 0 Å². The van der Waals surface area contributed by atoms with Gasteiger partial charge in [-0.05, 0) is 30.3 Å². The first-order valence-electron chi connectivity index (χ1n) is 6.47. The van der Waals surface area contributed by atoms with E-state index >= 15 is 0 Å². The minimum atomic E-state index is -3.50. The predicted octanol–water partition coefficient (Wildman–Crippen LogP) is 3.00. The summed E-state index contributed by atoms with van der Waals surface area (Å²) in [5.74, 6) is -0.0875. The summed E-state index contributed by atoms with van der Waals surface area (Å²) in [6.45, 7) is 0.700. The lowest BCUT2D eigenvalue weighted by molar-refractivity contribution is 0.600. The molecule has 0 fully saturated rings. The standard InChI is InChI=1S/C15H17ClN2O2S/c1-17-10-12-5-4-6-13(9-12)11-21(19,20)18-15-8-3-2-7-14(15)16/h2-9,17-18H,10-11H2,1H3. The van der Waals surface area contributed by atoms with Crippen LogP contribution in [0.15, 0.2) is 48.5 Å². The number of rotatable bonds is 6. The maximum atomic E-state index is 12.2. The summed E-state index contributed by atoms with van der Waals surface area (Å²) in [5, 5.41) is 3.42. The molecule has 0 bridgehead atoms. The van der Waals surface area contributed by atoms with E-state index in [0.717, 1.165) is 11.1 Å². The average Bonchev–Trinajstić information content (AvgIpc) is 2.41. The minimum absolute atomic E-state index is 0.0875. The van der Waals surface area contributed by atoms with E-state index in [1.54, 1.807) is 30.3 Å². The van der Waals surface area contributed by atoms with Crippen molar-refractivity contribution >= 4 is 27.3 Å². The third-order valence-electron chi connectivity index (χ3n) is 2.87. The minimum Gasteiger partial charge on any atom is -0.316 e. The molecule has 0 aliphatic carbocycles. The molecule has 0 saturated heterocycles. The Morgan fingerprint density at radius 1 is 1.05 bits per heavy atom. The Bertz CT molecular complexity index is 717. The Balaban J connectivity index is 2.14. The molecule has 21 heavy (non-hydrogen) atoms. The molecule has 4 nitrogen and oxygen atoms in total. The Labute approximate surface area is 130 Å². The number of benzene rings is 2. The van der Waals surface area contributed by atoms with Crippen LogP contribution in [0.5, 0.6) is 0 Å². The number of para-hydroxylation sites is 1. The van der Waals surface area contributed by atoms with Crippen LogP contribution in [0.2, 0.25) is 5.02 Å². The number of sulfonamides is 1. The zero-order valence-corrected chi connectivity index (χ0v) is 13.2. The van der Waals surface area contributed by atoms with Gasteiger partial charge in [-0.2, -0.15) is 0 Å². The van der Waals surface area contributed by atoms with Crippen LogP contribution in [-0.2, 0) is 22.3 Å². The number of nitrogens with one attached hydrogen (secondary N) is 2. The van der Waals surface area contributed by atoms with E-state index in [0.29, 0.717) is 17.3 Å². The van der Waals surface area contributed by atoms with Gasteiger partial charge in [-0.25, -0.2) is 8.42 Å². The fraction of sp³-hybridized carbons (Fsp3) is 0.200. The highest BCUT2D eigenvalue weighted by Crippen LogP contribution is 2.22. The van der Waals surface area contributed by atoms with Gasteiger partial charge in [0, 0.05) is 6.54 Å². The number of hydrogen-bond acceptors (Lipinski definition) is 3. The van der Waals surface area contributed by atoms with Crippen molar-refractivity contribution in [3.05, 3.63) is 64.7 Å². The summed E-state index contributed by atoms with van der Waals surface area (Å²) in [6, 6.07) is 14.2. The fourth-order valence-electron chi connectivity index (χ4n) is 2.00. The van der Waals surface area contributed by atoms with Crippen LogP contribution in [0, 0.1) is 0 Å². The Morgan fingerprint density at radius 3 is 2.48 bits per heavy atom. The molecule has 2 aromatic rings. The lowest BCUT2D eigenvalue weighted by atomic mass is 10.1. The molecular weight excluding hydrogens is 308 g/mol.